The van der Waals surface area contributed by atoms with Crippen molar-refractivity contribution in [3.05, 3.63) is 59.9 Å². The van der Waals surface area contributed by atoms with Gasteiger partial charge in [-0.2, -0.15) is 0 Å². The normalized spacial score (nSPS) is 14.4. The third kappa shape index (κ3) is 3.58. The lowest BCUT2D eigenvalue weighted by atomic mass is 10.1. The summed E-state index contributed by atoms with van der Waals surface area (Å²) in [5.74, 6) is -1.66. The van der Waals surface area contributed by atoms with Crippen molar-refractivity contribution < 1.29 is 13.6 Å². The van der Waals surface area contributed by atoms with Crippen molar-refractivity contribution in [1.29, 1.82) is 0 Å². The molecule has 7 heteroatoms. The number of amides is 1. The van der Waals surface area contributed by atoms with Gasteiger partial charge >= 0.3 is 0 Å². The molecule has 1 fully saturated rings. The van der Waals surface area contributed by atoms with Crippen molar-refractivity contribution in [2.75, 3.05) is 23.3 Å². The number of piperidine rings is 1. The molecule has 1 aliphatic heterocycles. The van der Waals surface area contributed by atoms with Gasteiger partial charge in [-0.1, -0.05) is 0 Å². The van der Waals surface area contributed by atoms with Crippen molar-refractivity contribution in [3.63, 3.8) is 0 Å². The molecular formula is C20H18F2N4O. The second kappa shape index (κ2) is 7.26. The Balaban J connectivity index is 1.60. The first-order chi connectivity index (χ1) is 13.1. The molecule has 1 saturated heterocycles. The number of rotatable bonds is 3. The van der Waals surface area contributed by atoms with Crippen LogP contribution in [0.4, 0.5) is 20.3 Å². The summed E-state index contributed by atoms with van der Waals surface area (Å²) in [6, 6.07) is 8.44. The van der Waals surface area contributed by atoms with Crippen LogP contribution in [0.5, 0.6) is 0 Å². The Hall–Kier alpha value is -3.09. The van der Waals surface area contributed by atoms with E-state index in [-0.39, 0.29) is 5.56 Å². The van der Waals surface area contributed by atoms with Crippen LogP contribution in [0.25, 0.3) is 10.9 Å². The van der Waals surface area contributed by atoms with E-state index in [0.29, 0.717) is 11.2 Å². The minimum atomic E-state index is -1.06. The van der Waals surface area contributed by atoms with Gasteiger partial charge in [0.15, 0.2) is 11.6 Å². The van der Waals surface area contributed by atoms with Crippen molar-refractivity contribution in [3.8, 4) is 0 Å². The SMILES string of the molecule is O=C(Nc1ccc2c(N3CCCCC3)ncnc2c1)c1ccc(F)c(F)c1. The summed E-state index contributed by atoms with van der Waals surface area (Å²) >= 11 is 0. The molecule has 0 spiro atoms. The maximum Gasteiger partial charge on any atom is 0.255 e. The van der Waals surface area contributed by atoms with Crippen molar-refractivity contribution in [1.82, 2.24) is 9.97 Å². The average Bonchev–Trinajstić information content (AvgIpc) is 2.70. The lowest BCUT2D eigenvalue weighted by Gasteiger charge is -2.28. The zero-order valence-corrected chi connectivity index (χ0v) is 14.6. The molecule has 1 amide bonds. The molecule has 1 aliphatic rings. The number of aromatic nitrogens is 2. The third-order valence-corrected chi connectivity index (χ3v) is 4.71. The maximum atomic E-state index is 13.3. The van der Waals surface area contributed by atoms with Gasteiger partial charge in [-0.05, 0) is 55.7 Å². The number of carbonyl (C=O) groups excluding carboxylic acids is 1. The van der Waals surface area contributed by atoms with E-state index in [2.05, 4.69) is 20.2 Å². The monoisotopic (exact) mass is 368 g/mol. The van der Waals surface area contributed by atoms with Crippen LogP contribution in [-0.2, 0) is 0 Å². The number of anilines is 2. The van der Waals surface area contributed by atoms with E-state index in [1.54, 1.807) is 12.1 Å². The number of carbonyl (C=O) groups is 1. The van der Waals surface area contributed by atoms with E-state index in [1.165, 1.54) is 18.8 Å². The highest BCUT2D eigenvalue weighted by atomic mass is 19.2. The maximum absolute atomic E-state index is 13.3. The van der Waals surface area contributed by atoms with Crippen molar-refractivity contribution in [2.24, 2.45) is 0 Å². The van der Waals surface area contributed by atoms with E-state index in [4.69, 9.17) is 0 Å². The van der Waals surface area contributed by atoms with Crippen molar-refractivity contribution in [2.45, 2.75) is 19.3 Å². The molecule has 1 aromatic heterocycles. The number of hydrogen-bond acceptors (Lipinski definition) is 4. The van der Waals surface area contributed by atoms with Crippen LogP contribution in [0.1, 0.15) is 29.6 Å². The van der Waals surface area contributed by atoms with Crippen molar-refractivity contribution >= 4 is 28.3 Å². The Morgan fingerprint density at radius 2 is 1.78 bits per heavy atom. The standard InChI is InChI=1S/C20H18F2N4O/c21-16-7-4-13(10-17(16)22)20(27)25-14-5-6-15-18(11-14)23-12-24-19(15)26-8-2-1-3-9-26/h4-7,10-12H,1-3,8-9H2,(H,25,27). The fourth-order valence-electron chi connectivity index (χ4n) is 3.32. The van der Waals surface area contributed by atoms with Gasteiger partial charge in [0.05, 0.1) is 5.52 Å². The second-order valence-corrected chi connectivity index (χ2v) is 6.56. The topological polar surface area (TPSA) is 58.1 Å². The zero-order chi connectivity index (χ0) is 18.8. The van der Waals surface area contributed by atoms with Gasteiger partial charge < -0.3 is 10.2 Å². The Kier molecular flexibility index (Phi) is 4.66. The average molecular weight is 368 g/mol. The molecule has 4 rings (SSSR count). The third-order valence-electron chi connectivity index (χ3n) is 4.71. The fourth-order valence-corrected chi connectivity index (χ4v) is 3.32. The molecule has 27 heavy (non-hydrogen) atoms. The molecule has 1 N–H and O–H groups in total. The molecule has 3 aromatic rings. The predicted molar refractivity (Wildman–Crippen MR) is 99.9 cm³/mol. The van der Waals surface area contributed by atoms with Crippen LogP contribution in [-0.4, -0.2) is 29.0 Å². The van der Waals surface area contributed by atoms with Gasteiger partial charge in [0.2, 0.25) is 0 Å². The molecular weight excluding hydrogens is 350 g/mol. The number of benzene rings is 2. The molecule has 5 nitrogen and oxygen atoms in total. The quantitative estimate of drug-likeness (QED) is 0.755. The number of halogens is 2. The molecule has 0 atom stereocenters. The summed E-state index contributed by atoms with van der Waals surface area (Å²) < 4.78 is 26.4. The summed E-state index contributed by atoms with van der Waals surface area (Å²) in [7, 11) is 0. The highest BCUT2D eigenvalue weighted by Crippen LogP contribution is 2.27. The Morgan fingerprint density at radius 3 is 2.56 bits per heavy atom. The van der Waals surface area contributed by atoms with Gasteiger partial charge in [0, 0.05) is 29.7 Å². The number of fused-ring (bicyclic) bond motifs is 1. The molecule has 2 aromatic carbocycles. The van der Waals surface area contributed by atoms with Crippen LogP contribution in [0.3, 0.4) is 0 Å². The molecule has 0 radical (unpaired) electrons. The molecule has 2 heterocycles. The largest absolute Gasteiger partial charge is 0.356 e. The van der Waals surface area contributed by atoms with Crippen LogP contribution in [0, 0.1) is 11.6 Å². The number of nitrogens with one attached hydrogen (secondary N) is 1. The molecule has 0 unspecified atom stereocenters. The van der Waals surface area contributed by atoms with Gasteiger partial charge in [0.1, 0.15) is 12.1 Å². The first kappa shape index (κ1) is 17.3. The summed E-state index contributed by atoms with van der Waals surface area (Å²) in [5.41, 5.74) is 1.29. The second-order valence-electron chi connectivity index (χ2n) is 6.56. The van der Waals surface area contributed by atoms with Crippen LogP contribution >= 0.6 is 0 Å². The van der Waals surface area contributed by atoms with E-state index >= 15 is 0 Å². The van der Waals surface area contributed by atoms with Gasteiger partial charge in [-0.25, -0.2) is 18.7 Å². The predicted octanol–water partition coefficient (Wildman–Crippen LogP) is 4.15. The van der Waals surface area contributed by atoms with Gasteiger partial charge in [-0.15, -0.1) is 0 Å². The smallest absolute Gasteiger partial charge is 0.255 e. The van der Waals surface area contributed by atoms with E-state index < -0.39 is 17.5 Å². The summed E-state index contributed by atoms with van der Waals surface area (Å²) in [6.45, 7) is 1.95. The summed E-state index contributed by atoms with van der Waals surface area (Å²) in [5, 5.41) is 3.62. The lowest BCUT2D eigenvalue weighted by molar-refractivity contribution is 0.102. The molecule has 0 saturated carbocycles. The minimum Gasteiger partial charge on any atom is -0.356 e. The van der Waals surface area contributed by atoms with Crippen LogP contribution in [0.2, 0.25) is 0 Å². The van der Waals surface area contributed by atoms with Crippen LogP contribution < -0.4 is 10.2 Å². The summed E-state index contributed by atoms with van der Waals surface area (Å²) in [4.78, 5) is 23.3. The molecule has 0 bridgehead atoms. The van der Waals surface area contributed by atoms with E-state index in [1.807, 2.05) is 6.07 Å². The molecule has 0 aliphatic carbocycles. The minimum absolute atomic E-state index is 0.0469. The van der Waals surface area contributed by atoms with E-state index in [9.17, 15) is 13.6 Å². The van der Waals surface area contributed by atoms with Gasteiger partial charge in [0.25, 0.3) is 5.91 Å². The first-order valence-corrected chi connectivity index (χ1v) is 8.88. The Labute approximate surface area is 155 Å². The van der Waals surface area contributed by atoms with Gasteiger partial charge in [-0.3, -0.25) is 4.79 Å². The number of hydrogen-bond donors (Lipinski definition) is 1. The van der Waals surface area contributed by atoms with Crippen LogP contribution in [0.15, 0.2) is 42.7 Å². The number of nitrogens with zero attached hydrogens (tertiary/aromatic N) is 3. The first-order valence-electron chi connectivity index (χ1n) is 8.88. The molecule has 138 valence electrons. The highest BCUT2D eigenvalue weighted by Gasteiger charge is 2.16. The Morgan fingerprint density at radius 1 is 0.963 bits per heavy atom. The Bertz CT molecular complexity index is 1000. The highest BCUT2D eigenvalue weighted by molar-refractivity contribution is 6.05. The summed E-state index contributed by atoms with van der Waals surface area (Å²) in [6.07, 6.45) is 5.05. The van der Waals surface area contributed by atoms with E-state index in [0.717, 1.165) is 49.3 Å². The lowest BCUT2D eigenvalue weighted by Crippen LogP contribution is -2.30. The fraction of sp³-hybridized carbons (Fsp3) is 0.250. The zero-order valence-electron chi connectivity index (χ0n) is 14.6.